The van der Waals surface area contributed by atoms with Gasteiger partial charge < -0.3 is 26.2 Å². The standard InChI is InChI=1S/C38H53N11O4S/c1-48-31(18-24-8-9-24)29(21-44-48)34-42-23-43-37(47-34)45-27-12-10-26(11-13-27)39-16-6-4-2-3-5-7-17-40-38(53)41-20-28-19-25-22-49(36(52)33(25)54-28)30-14-15-32(50)46-35(30)51/h19,21,23-24,26-27,30,39H,2-18,20,22H2,1H3,(H2,40,41,53)(H,46,50,51)(H,42,43,45,47). The number of imide groups is 1. The largest absolute Gasteiger partial charge is 0.351 e. The van der Waals surface area contributed by atoms with Gasteiger partial charge in [-0.25, -0.2) is 14.8 Å². The Morgan fingerprint density at radius 3 is 2.44 bits per heavy atom. The number of aromatic nitrogens is 5. The lowest BCUT2D eigenvalue weighted by atomic mass is 9.91. The maximum absolute atomic E-state index is 12.9. The minimum atomic E-state index is -0.613. The van der Waals surface area contributed by atoms with Crippen molar-refractivity contribution in [2.75, 3.05) is 18.4 Å². The average molecular weight is 760 g/mol. The molecular formula is C38H53N11O4S. The number of carbonyl (C=O) groups is 4. The summed E-state index contributed by atoms with van der Waals surface area (Å²) >= 11 is 1.35. The van der Waals surface area contributed by atoms with Crippen LogP contribution in [0, 0.1) is 5.92 Å². The average Bonchev–Trinajstić information content (AvgIpc) is 3.67. The van der Waals surface area contributed by atoms with Crippen LogP contribution in [0.1, 0.15) is 116 Å². The van der Waals surface area contributed by atoms with Crippen LogP contribution in [0.4, 0.5) is 10.7 Å². The highest BCUT2D eigenvalue weighted by Crippen LogP contribution is 2.36. The number of unbranched alkanes of at least 4 members (excludes halogenated alkanes) is 5. The minimum Gasteiger partial charge on any atom is -0.351 e. The zero-order chi connectivity index (χ0) is 37.4. The molecule has 3 aromatic rings. The van der Waals surface area contributed by atoms with Crippen LogP contribution in [0.15, 0.2) is 18.6 Å². The first-order valence-electron chi connectivity index (χ1n) is 19.8. The second-order valence-electron chi connectivity index (χ2n) is 15.3. The Kier molecular flexibility index (Phi) is 12.5. The van der Waals surface area contributed by atoms with E-state index in [-0.39, 0.29) is 24.3 Å². The SMILES string of the molecule is Cn1ncc(-c2ncnc(NC3CCC(NCCCCCCCCNC(=O)NCc4cc5c(s4)C(=O)N(C4CCC(=O)NC4=O)C5)CC3)n2)c1CC1CC1. The van der Waals surface area contributed by atoms with Crippen LogP contribution in [0.25, 0.3) is 11.4 Å². The lowest BCUT2D eigenvalue weighted by Gasteiger charge is -2.29. The van der Waals surface area contributed by atoms with Crippen molar-refractivity contribution in [2.45, 2.75) is 128 Å². The summed E-state index contributed by atoms with van der Waals surface area (Å²) in [6.07, 6.45) is 18.9. The van der Waals surface area contributed by atoms with Gasteiger partial charge in [-0.2, -0.15) is 10.1 Å². The first-order chi connectivity index (χ1) is 26.3. The molecule has 3 aromatic heterocycles. The number of thiophene rings is 1. The molecule has 2 saturated carbocycles. The number of nitrogens with one attached hydrogen (secondary N) is 5. The smallest absolute Gasteiger partial charge is 0.315 e. The van der Waals surface area contributed by atoms with Crippen molar-refractivity contribution in [2.24, 2.45) is 13.0 Å². The van der Waals surface area contributed by atoms with E-state index in [4.69, 9.17) is 4.98 Å². The van der Waals surface area contributed by atoms with Crippen molar-refractivity contribution >= 4 is 41.0 Å². The molecule has 5 heterocycles. The Labute approximate surface area is 320 Å². The predicted molar refractivity (Wildman–Crippen MR) is 204 cm³/mol. The van der Waals surface area contributed by atoms with Crippen LogP contribution < -0.4 is 26.6 Å². The Morgan fingerprint density at radius 1 is 0.926 bits per heavy atom. The van der Waals surface area contributed by atoms with Gasteiger partial charge in [-0.15, -0.1) is 11.3 Å². The molecule has 3 fully saturated rings. The molecule has 54 heavy (non-hydrogen) atoms. The molecule has 16 heteroatoms. The topological polar surface area (TPSA) is 188 Å². The van der Waals surface area contributed by atoms with Crippen LogP contribution in [0.3, 0.4) is 0 Å². The molecule has 2 aliphatic heterocycles. The predicted octanol–water partition coefficient (Wildman–Crippen LogP) is 4.20. The Morgan fingerprint density at radius 2 is 1.69 bits per heavy atom. The zero-order valence-corrected chi connectivity index (χ0v) is 32.0. The lowest BCUT2D eigenvalue weighted by molar-refractivity contribution is -0.136. The van der Waals surface area contributed by atoms with E-state index < -0.39 is 11.9 Å². The molecule has 1 unspecified atom stereocenters. The lowest BCUT2D eigenvalue weighted by Crippen LogP contribution is -2.52. The Bertz CT molecular complexity index is 1800. The second kappa shape index (κ2) is 17.8. The summed E-state index contributed by atoms with van der Waals surface area (Å²) in [6.45, 7) is 2.37. The van der Waals surface area contributed by atoms with E-state index in [1.54, 1.807) is 11.2 Å². The van der Waals surface area contributed by atoms with Crippen molar-refractivity contribution in [1.82, 2.24) is 50.9 Å². The van der Waals surface area contributed by atoms with Crippen LogP contribution in [0.5, 0.6) is 0 Å². The quantitative estimate of drug-likeness (QED) is 0.0930. The number of hydrogen-bond acceptors (Lipinski definition) is 11. The summed E-state index contributed by atoms with van der Waals surface area (Å²) in [7, 11) is 2.00. The summed E-state index contributed by atoms with van der Waals surface area (Å²) in [4.78, 5) is 65.6. The molecule has 0 bridgehead atoms. The normalized spacial score (nSPS) is 21.2. The summed E-state index contributed by atoms with van der Waals surface area (Å²) in [5.41, 5.74) is 3.09. The van der Waals surface area contributed by atoms with E-state index in [2.05, 4.69) is 41.7 Å². The number of hydrogen-bond donors (Lipinski definition) is 5. The van der Waals surface area contributed by atoms with Crippen molar-refractivity contribution in [3.8, 4) is 11.4 Å². The van der Waals surface area contributed by atoms with Crippen LogP contribution in [0.2, 0.25) is 0 Å². The van der Waals surface area contributed by atoms with Gasteiger partial charge in [-0.3, -0.25) is 24.4 Å². The number of nitrogens with zero attached hydrogens (tertiary/aromatic N) is 6. The maximum atomic E-state index is 12.9. The van der Waals surface area contributed by atoms with Crippen molar-refractivity contribution in [3.63, 3.8) is 0 Å². The monoisotopic (exact) mass is 759 g/mol. The molecule has 15 nitrogen and oxygen atoms in total. The summed E-state index contributed by atoms with van der Waals surface area (Å²) in [5.74, 6) is 1.22. The number of aryl methyl sites for hydroxylation is 1. The van der Waals surface area contributed by atoms with Crippen molar-refractivity contribution < 1.29 is 19.2 Å². The van der Waals surface area contributed by atoms with Crippen LogP contribution in [-0.4, -0.2) is 84.6 Å². The van der Waals surface area contributed by atoms with E-state index >= 15 is 0 Å². The first kappa shape index (κ1) is 37.9. The van der Waals surface area contributed by atoms with Crippen molar-refractivity contribution in [3.05, 3.63) is 39.6 Å². The number of carbonyl (C=O) groups excluding carboxylic acids is 4. The van der Waals surface area contributed by atoms with E-state index in [1.165, 1.54) is 49.1 Å². The van der Waals surface area contributed by atoms with Crippen LogP contribution >= 0.6 is 11.3 Å². The number of anilines is 1. The van der Waals surface area contributed by atoms with E-state index in [1.807, 2.05) is 24.0 Å². The third-order valence-corrected chi connectivity index (χ3v) is 12.3. The van der Waals surface area contributed by atoms with Crippen LogP contribution in [-0.2, 0) is 36.1 Å². The van der Waals surface area contributed by atoms with E-state index in [0.29, 0.717) is 54.8 Å². The molecule has 0 radical (unpaired) electrons. The number of rotatable bonds is 18. The van der Waals surface area contributed by atoms with Gasteiger partial charge in [0.05, 0.1) is 23.2 Å². The number of piperidine rings is 1. The fourth-order valence-electron chi connectivity index (χ4n) is 7.79. The molecule has 0 spiro atoms. The fourth-order valence-corrected chi connectivity index (χ4v) is 8.86. The zero-order valence-electron chi connectivity index (χ0n) is 31.2. The van der Waals surface area contributed by atoms with Gasteiger partial charge >= 0.3 is 6.03 Å². The number of fused-ring (bicyclic) bond motifs is 1. The molecule has 1 atom stereocenters. The maximum Gasteiger partial charge on any atom is 0.315 e. The van der Waals surface area contributed by atoms with E-state index in [0.717, 1.165) is 79.8 Å². The Balaban J connectivity index is 0.690. The molecule has 5 amide bonds. The van der Waals surface area contributed by atoms with Gasteiger partial charge in [0, 0.05) is 49.2 Å². The summed E-state index contributed by atoms with van der Waals surface area (Å²) in [5, 5.41) is 19.9. The van der Waals surface area contributed by atoms with Gasteiger partial charge in [0.15, 0.2) is 5.82 Å². The highest BCUT2D eigenvalue weighted by Gasteiger charge is 2.40. The molecule has 4 aliphatic rings. The van der Waals surface area contributed by atoms with E-state index in [9.17, 15) is 19.2 Å². The molecular weight excluding hydrogens is 707 g/mol. The third-order valence-electron chi connectivity index (χ3n) is 11.1. The molecule has 290 valence electrons. The van der Waals surface area contributed by atoms with Gasteiger partial charge in [-0.1, -0.05) is 25.7 Å². The third kappa shape index (κ3) is 9.80. The summed E-state index contributed by atoms with van der Waals surface area (Å²) < 4.78 is 1.96. The van der Waals surface area contributed by atoms with Gasteiger partial charge in [-0.05, 0) is 88.3 Å². The van der Waals surface area contributed by atoms with Gasteiger partial charge in [0.1, 0.15) is 12.4 Å². The Hall–Kier alpha value is -4.44. The minimum absolute atomic E-state index is 0.186. The van der Waals surface area contributed by atoms with Gasteiger partial charge in [0.25, 0.3) is 5.91 Å². The molecule has 1 saturated heterocycles. The van der Waals surface area contributed by atoms with Gasteiger partial charge in [0.2, 0.25) is 17.8 Å². The highest BCUT2D eigenvalue weighted by molar-refractivity contribution is 7.14. The fraction of sp³-hybridized carbons (Fsp3) is 0.632. The molecule has 2 aliphatic carbocycles. The summed E-state index contributed by atoms with van der Waals surface area (Å²) in [6, 6.07) is 2.03. The first-order valence-corrected chi connectivity index (χ1v) is 20.6. The molecule has 5 N–H and O–H groups in total. The number of amides is 5. The molecule has 0 aromatic carbocycles. The highest BCUT2D eigenvalue weighted by atomic mass is 32.1. The molecule has 7 rings (SSSR count). The van der Waals surface area contributed by atoms with Crippen molar-refractivity contribution in [1.29, 1.82) is 0 Å². The number of urea groups is 1. The second-order valence-corrected chi connectivity index (χ2v) is 16.4.